The highest BCUT2D eigenvalue weighted by Gasteiger charge is 2.56. The van der Waals surface area contributed by atoms with Crippen molar-refractivity contribution in [2.24, 2.45) is 4.99 Å². The molecule has 4 rings (SSSR count). The SMILES string of the molecule is O=C1NC(CCCCCCCC(F)(F)C(F)(F)F)=NC12CCN(S(=O)(=O)C=Cc1cccc3c1ccn3C[C@H](O)CO)CC2. The molecule has 44 heavy (non-hydrogen) atoms. The molecule has 3 N–H and O–H groups in total. The number of aliphatic hydroxyl groups is 2. The van der Waals surface area contributed by atoms with E-state index in [0.29, 0.717) is 37.1 Å². The summed E-state index contributed by atoms with van der Waals surface area (Å²) in [6, 6.07) is 7.20. The van der Waals surface area contributed by atoms with Crippen LogP contribution in [0.1, 0.15) is 63.4 Å². The zero-order chi connectivity index (χ0) is 32.2. The minimum atomic E-state index is -5.53. The molecular formula is C29H37F5N4O5S. The van der Waals surface area contributed by atoms with E-state index in [1.54, 1.807) is 22.9 Å². The number of nitrogens with zero attached hydrogens (tertiary/aromatic N) is 3. The first-order valence-corrected chi connectivity index (χ1v) is 16.1. The number of benzene rings is 1. The Labute approximate surface area is 252 Å². The minimum absolute atomic E-state index is 0.0963. The molecule has 244 valence electrons. The highest BCUT2D eigenvalue weighted by Crippen LogP contribution is 2.39. The molecule has 1 spiro atoms. The average Bonchev–Trinajstić information content (AvgIpc) is 3.51. The molecule has 1 amide bonds. The number of sulfonamides is 1. The van der Waals surface area contributed by atoms with Gasteiger partial charge in [-0.3, -0.25) is 9.79 Å². The van der Waals surface area contributed by atoms with Crippen LogP contribution in [0.2, 0.25) is 0 Å². The summed E-state index contributed by atoms with van der Waals surface area (Å²) in [5.74, 6) is -4.50. The fraction of sp³-hybridized carbons (Fsp3) is 0.586. The van der Waals surface area contributed by atoms with Crippen LogP contribution in [0.3, 0.4) is 0 Å². The fourth-order valence-corrected chi connectivity index (χ4v) is 6.73. The van der Waals surface area contributed by atoms with Gasteiger partial charge in [0.1, 0.15) is 11.4 Å². The molecule has 1 aromatic heterocycles. The summed E-state index contributed by atoms with van der Waals surface area (Å²) >= 11 is 0. The van der Waals surface area contributed by atoms with Crippen LogP contribution < -0.4 is 5.32 Å². The topological polar surface area (TPSA) is 124 Å². The summed E-state index contributed by atoms with van der Waals surface area (Å²) in [6.45, 7) is 0.00466. The number of amides is 1. The van der Waals surface area contributed by atoms with Gasteiger partial charge >= 0.3 is 12.1 Å². The van der Waals surface area contributed by atoms with Gasteiger partial charge in [-0.1, -0.05) is 31.4 Å². The number of halogens is 5. The van der Waals surface area contributed by atoms with Crippen LogP contribution in [-0.2, 0) is 21.4 Å². The maximum absolute atomic E-state index is 13.1. The largest absolute Gasteiger partial charge is 0.453 e. The van der Waals surface area contributed by atoms with E-state index >= 15 is 0 Å². The fourth-order valence-electron chi connectivity index (χ4n) is 5.55. The summed E-state index contributed by atoms with van der Waals surface area (Å²) in [5.41, 5.74) is 0.394. The molecule has 1 saturated heterocycles. The highest BCUT2D eigenvalue weighted by atomic mass is 32.2. The number of nitrogens with one attached hydrogen (secondary N) is 1. The molecule has 15 heteroatoms. The van der Waals surface area contributed by atoms with Gasteiger partial charge in [0.15, 0.2) is 0 Å². The lowest BCUT2D eigenvalue weighted by atomic mass is 9.89. The molecule has 1 fully saturated rings. The van der Waals surface area contributed by atoms with Crippen molar-refractivity contribution < 1.29 is 45.4 Å². The van der Waals surface area contributed by atoms with E-state index in [4.69, 9.17) is 5.11 Å². The third-order valence-electron chi connectivity index (χ3n) is 8.14. The molecule has 2 aliphatic heterocycles. The molecule has 0 bridgehead atoms. The molecule has 9 nitrogen and oxygen atoms in total. The van der Waals surface area contributed by atoms with Crippen molar-refractivity contribution in [2.75, 3.05) is 19.7 Å². The molecule has 2 aliphatic rings. The van der Waals surface area contributed by atoms with E-state index in [1.807, 2.05) is 12.1 Å². The normalized spacial score (nSPS) is 18.8. The predicted octanol–water partition coefficient (Wildman–Crippen LogP) is 4.59. The summed E-state index contributed by atoms with van der Waals surface area (Å²) in [7, 11) is -3.80. The molecule has 1 aromatic carbocycles. The van der Waals surface area contributed by atoms with Gasteiger partial charge in [0.2, 0.25) is 10.0 Å². The summed E-state index contributed by atoms with van der Waals surface area (Å²) < 4.78 is 92.0. The molecule has 0 unspecified atom stereocenters. The lowest BCUT2D eigenvalue weighted by Crippen LogP contribution is -2.50. The number of hydrogen-bond acceptors (Lipinski definition) is 6. The summed E-state index contributed by atoms with van der Waals surface area (Å²) in [6.07, 6.45) is -1.95. The summed E-state index contributed by atoms with van der Waals surface area (Å²) in [4.78, 5) is 17.4. The van der Waals surface area contributed by atoms with Crippen molar-refractivity contribution in [1.29, 1.82) is 0 Å². The number of aliphatic imine (C=N–C) groups is 1. The van der Waals surface area contributed by atoms with E-state index in [2.05, 4.69) is 10.3 Å². The monoisotopic (exact) mass is 648 g/mol. The third kappa shape index (κ3) is 7.85. The maximum atomic E-state index is 13.1. The molecule has 3 heterocycles. The van der Waals surface area contributed by atoms with E-state index in [-0.39, 0.29) is 57.8 Å². The highest BCUT2D eigenvalue weighted by molar-refractivity contribution is 7.92. The number of carbonyl (C=O) groups excluding carboxylic acids is 1. The van der Waals surface area contributed by atoms with Crippen LogP contribution in [0, 0.1) is 0 Å². The smallest absolute Gasteiger partial charge is 0.394 e. The van der Waals surface area contributed by atoms with Crippen LogP contribution >= 0.6 is 0 Å². The van der Waals surface area contributed by atoms with Crippen LogP contribution in [0.15, 0.2) is 40.9 Å². The number of unbranched alkanes of at least 4 members (excludes halogenated alkanes) is 4. The van der Waals surface area contributed by atoms with E-state index in [0.717, 1.165) is 16.3 Å². The first-order valence-electron chi connectivity index (χ1n) is 14.6. The Bertz CT molecular complexity index is 1480. The third-order valence-corrected chi connectivity index (χ3v) is 9.71. The second kappa shape index (κ2) is 13.6. The Balaban J connectivity index is 1.27. The first kappa shape index (κ1) is 34.0. The minimum Gasteiger partial charge on any atom is -0.394 e. The number of piperidine rings is 1. The van der Waals surface area contributed by atoms with E-state index in [1.165, 1.54) is 10.4 Å². The number of fused-ring (bicyclic) bond motifs is 1. The van der Waals surface area contributed by atoms with E-state index < -0.39 is 40.2 Å². The van der Waals surface area contributed by atoms with Crippen LogP contribution in [0.25, 0.3) is 17.0 Å². The van der Waals surface area contributed by atoms with Gasteiger partial charge < -0.3 is 20.1 Å². The van der Waals surface area contributed by atoms with Crippen LogP contribution in [0.5, 0.6) is 0 Å². The number of amidine groups is 1. The zero-order valence-electron chi connectivity index (χ0n) is 24.1. The second-order valence-corrected chi connectivity index (χ2v) is 13.2. The Kier molecular flexibility index (Phi) is 10.5. The summed E-state index contributed by atoms with van der Waals surface area (Å²) in [5, 5.41) is 23.6. The van der Waals surface area contributed by atoms with Gasteiger partial charge in [0.05, 0.1) is 19.3 Å². The van der Waals surface area contributed by atoms with Crippen molar-refractivity contribution in [2.45, 2.75) is 88.1 Å². The molecule has 1 atom stereocenters. The molecule has 0 saturated carbocycles. The van der Waals surface area contributed by atoms with Crippen molar-refractivity contribution in [1.82, 2.24) is 14.2 Å². The van der Waals surface area contributed by atoms with Crippen molar-refractivity contribution in [3.05, 3.63) is 41.4 Å². The Morgan fingerprint density at radius 1 is 1.05 bits per heavy atom. The second-order valence-electron chi connectivity index (χ2n) is 11.3. The van der Waals surface area contributed by atoms with Crippen LogP contribution in [0.4, 0.5) is 22.0 Å². The molecule has 0 radical (unpaired) electrons. The maximum Gasteiger partial charge on any atom is 0.453 e. The standard InChI is InChI=1S/C29H37F5N4O5S/c30-28(31,29(32,33)34)12-5-3-1-2-4-9-25-35-26(41)27(36-25)13-16-38(17-14-27)44(42,43)18-11-21-7-6-8-24-23(21)10-15-37(24)19-22(40)20-39/h6-8,10-11,15,18,22,39-40H,1-5,9,12-14,16-17,19-20H2,(H,35,36,41)/t22-/m0/s1. The molecular weight excluding hydrogens is 611 g/mol. The van der Waals surface area contributed by atoms with Gasteiger partial charge in [-0.15, -0.1) is 0 Å². The lowest BCUT2D eigenvalue weighted by Gasteiger charge is -2.34. The van der Waals surface area contributed by atoms with Gasteiger partial charge in [-0.05, 0) is 49.5 Å². The number of aromatic nitrogens is 1. The van der Waals surface area contributed by atoms with Crippen molar-refractivity contribution >= 4 is 38.7 Å². The van der Waals surface area contributed by atoms with Gasteiger partial charge in [-0.2, -0.15) is 26.3 Å². The number of aliphatic hydroxyl groups excluding tert-OH is 2. The van der Waals surface area contributed by atoms with Crippen molar-refractivity contribution in [3.63, 3.8) is 0 Å². The Morgan fingerprint density at radius 3 is 2.41 bits per heavy atom. The predicted molar refractivity (Wildman–Crippen MR) is 155 cm³/mol. The first-order chi connectivity index (χ1) is 20.7. The number of hydrogen-bond donors (Lipinski definition) is 3. The Morgan fingerprint density at radius 2 is 1.73 bits per heavy atom. The Hall–Kier alpha value is -2.88. The molecule has 0 aliphatic carbocycles. The van der Waals surface area contributed by atoms with Gasteiger partial charge in [0.25, 0.3) is 5.91 Å². The number of rotatable bonds is 14. The number of alkyl halides is 5. The van der Waals surface area contributed by atoms with E-state index in [9.17, 15) is 40.3 Å². The zero-order valence-corrected chi connectivity index (χ0v) is 24.9. The van der Waals surface area contributed by atoms with Gasteiger partial charge in [-0.25, -0.2) is 8.42 Å². The average molecular weight is 649 g/mol. The van der Waals surface area contributed by atoms with Crippen LogP contribution in [-0.4, -0.2) is 82.7 Å². The lowest BCUT2D eigenvalue weighted by molar-refractivity contribution is -0.284. The van der Waals surface area contributed by atoms with Crippen molar-refractivity contribution in [3.8, 4) is 0 Å². The van der Waals surface area contributed by atoms with Gasteiger partial charge in [0, 0.05) is 48.4 Å². The number of carbonyl (C=O) groups is 1. The molecule has 2 aromatic rings. The quantitative estimate of drug-likeness (QED) is 0.204.